The first-order chi connectivity index (χ1) is 10.4. The Bertz CT molecular complexity index is 937. The van der Waals surface area contributed by atoms with Crippen molar-refractivity contribution in [1.82, 2.24) is 0 Å². The molecule has 0 aliphatic heterocycles. The molecule has 112 valence electrons. The van der Waals surface area contributed by atoms with E-state index in [1.807, 2.05) is 0 Å². The second kappa shape index (κ2) is 5.23. The molecule has 6 heteroatoms. The smallest absolute Gasteiger partial charge is 0.196 e. The van der Waals surface area contributed by atoms with Gasteiger partial charge in [0.15, 0.2) is 22.5 Å². The lowest BCUT2D eigenvalue weighted by molar-refractivity contribution is 0.464. The summed E-state index contributed by atoms with van der Waals surface area (Å²) in [5, 5.41) is 19.9. The zero-order chi connectivity index (χ0) is 16.0. The summed E-state index contributed by atoms with van der Waals surface area (Å²) in [6.07, 6.45) is 0. The number of para-hydroxylation sites is 1. The number of phenols is 2. The monoisotopic (exact) mass is 336 g/mol. The molecular weight excluding hydrogens is 327 g/mol. The van der Waals surface area contributed by atoms with Crippen LogP contribution in [0.4, 0.5) is 0 Å². The lowest BCUT2D eigenvalue weighted by Crippen LogP contribution is -2.07. The minimum Gasteiger partial charge on any atom is -0.505 e. The number of aromatic hydroxyl groups is 2. The number of hydrogen-bond donors (Lipinski definition) is 2. The van der Waals surface area contributed by atoms with Crippen LogP contribution in [0.2, 0.25) is 10.0 Å². The third kappa shape index (κ3) is 2.21. The van der Waals surface area contributed by atoms with Crippen LogP contribution < -0.4 is 5.43 Å². The van der Waals surface area contributed by atoms with Gasteiger partial charge < -0.3 is 14.6 Å². The molecule has 0 radical (unpaired) electrons. The van der Waals surface area contributed by atoms with E-state index in [4.69, 9.17) is 27.6 Å². The van der Waals surface area contributed by atoms with Crippen molar-refractivity contribution in [3.63, 3.8) is 0 Å². The predicted octanol–water partition coefficient (Wildman–Crippen LogP) is 4.49. The molecule has 22 heavy (non-hydrogen) atoms. The highest BCUT2D eigenvalue weighted by atomic mass is 35.5. The average Bonchev–Trinajstić information content (AvgIpc) is 2.48. The Morgan fingerprint density at radius 3 is 2.36 bits per heavy atom. The third-order valence-electron chi connectivity index (χ3n) is 3.40. The molecule has 0 bridgehead atoms. The standard InChI is InChI=1S/C16H10Cl2O4/c1-7-13(20)9-3-2-4-12(19)16(9)22-15(7)8-5-10(17)14(21)11(18)6-8/h2-6,19,21H,1H3. The Kier molecular flexibility index (Phi) is 3.51. The molecule has 3 rings (SSSR count). The molecule has 0 saturated heterocycles. The summed E-state index contributed by atoms with van der Waals surface area (Å²) in [6, 6.07) is 7.47. The van der Waals surface area contributed by atoms with Crippen molar-refractivity contribution >= 4 is 34.2 Å². The van der Waals surface area contributed by atoms with Gasteiger partial charge in [0.05, 0.1) is 15.4 Å². The predicted molar refractivity (Wildman–Crippen MR) is 86.0 cm³/mol. The Morgan fingerprint density at radius 1 is 1.09 bits per heavy atom. The summed E-state index contributed by atoms with van der Waals surface area (Å²) in [6.45, 7) is 1.61. The van der Waals surface area contributed by atoms with Crippen LogP contribution in [0.15, 0.2) is 39.5 Å². The second-order valence-electron chi connectivity index (χ2n) is 4.83. The van der Waals surface area contributed by atoms with Gasteiger partial charge in [-0.15, -0.1) is 0 Å². The highest BCUT2D eigenvalue weighted by Crippen LogP contribution is 2.38. The molecule has 0 spiro atoms. The van der Waals surface area contributed by atoms with Gasteiger partial charge in [0.2, 0.25) is 0 Å². The number of fused-ring (bicyclic) bond motifs is 1. The lowest BCUT2D eigenvalue weighted by atomic mass is 10.1. The molecule has 4 nitrogen and oxygen atoms in total. The molecule has 2 aromatic carbocycles. The van der Waals surface area contributed by atoms with Crippen molar-refractivity contribution in [3.8, 4) is 22.8 Å². The summed E-state index contributed by atoms with van der Waals surface area (Å²) < 4.78 is 5.69. The molecular formula is C16H10Cl2O4. The molecule has 0 saturated carbocycles. The Hall–Kier alpha value is -2.17. The summed E-state index contributed by atoms with van der Waals surface area (Å²) in [7, 11) is 0. The SMILES string of the molecule is Cc1c(-c2cc(Cl)c(O)c(Cl)c2)oc2c(O)cccc2c1=O. The lowest BCUT2D eigenvalue weighted by Gasteiger charge is -2.09. The zero-order valence-electron chi connectivity index (χ0n) is 11.4. The van der Waals surface area contributed by atoms with Crippen molar-refractivity contribution < 1.29 is 14.6 Å². The van der Waals surface area contributed by atoms with Crippen LogP contribution in [0.1, 0.15) is 5.56 Å². The van der Waals surface area contributed by atoms with Crippen molar-refractivity contribution in [3.05, 3.63) is 56.2 Å². The van der Waals surface area contributed by atoms with E-state index in [1.165, 1.54) is 18.2 Å². The van der Waals surface area contributed by atoms with E-state index in [-0.39, 0.29) is 43.7 Å². The number of halogens is 2. The van der Waals surface area contributed by atoms with Gasteiger partial charge >= 0.3 is 0 Å². The zero-order valence-corrected chi connectivity index (χ0v) is 12.9. The maximum Gasteiger partial charge on any atom is 0.196 e. The van der Waals surface area contributed by atoms with E-state index in [0.29, 0.717) is 11.1 Å². The summed E-state index contributed by atoms with van der Waals surface area (Å²) in [5.41, 5.74) is 0.629. The van der Waals surface area contributed by atoms with Crippen LogP contribution in [0.3, 0.4) is 0 Å². The van der Waals surface area contributed by atoms with Crippen molar-refractivity contribution in [2.75, 3.05) is 0 Å². The fraction of sp³-hybridized carbons (Fsp3) is 0.0625. The number of phenolic OH excluding ortho intramolecular Hbond substituents is 2. The maximum absolute atomic E-state index is 12.4. The molecule has 0 aliphatic rings. The highest BCUT2D eigenvalue weighted by Gasteiger charge is 2.17. The van der Waals surface area contributed by atoms with Crippen molar-refractivity contribution in [1.29, 1.82) is 0 Å². The largest absolute Gasteiger partial charge is 0.505 e. The fourth-order valence-electron chi connectivity index (χ4n) is 2.27. The van der Waals surface area contributed by atoms with Crippen LogP contribution in [-0.2, 0) is 0 Å². The van der Waals surface area contributed by atoms with Gasteiger partial charge in [-0.2, -0.15) is 0 Å². The minimum absolute atomic E-state index is 0.0435. The molecule has 0 fully saturated rings. The summed E-state index contributed by atoms with van der Waals surface area (Å²) in [5.74, 6) is -0.134. The first-order valence-corrected chi connectivity index (χ1v) is 7.09. The first-order valence-electron chi connectivity index (χ1n) is 6.34. The Labute approximate surface area is 135 Å². The molecule has 2 N–H and O–H groups in total. The first kappa shape index (κ1) is 14.8. The van der Waals surface area contributed by atoms with Gasteiger partial charge in [-0.3, -0.25) is 4.79 Å². The van der Waals surface area contributed by atoms with Crippen LogP contribution in [0.5, 0.6) is 11.5 Å². The number of hydrogen-bond acceptors (Lipinski definition) is 4. The van der Waals surface area contributed by atoms with Gasteiger partial charge in [-0.05, 0) is 31.2 Å². The van der Waals surface area contributed by atoms with Crippen molar-refractivity contribution in [2.45, 2.75) is 6.92 Å². The van der Waals surface area contributed by atoms with Gasteiger partial charge in [0, 0.05) is 11.1 Å². The van der Waals surface area contributed by atoms with E-state index in [2.05, 4.69) is 0 Å². The van der Waals surface area contributed by atoms with Crippen LogP contribution in [0, 0.1) is 6.92 Å². The number of benzene rings is 2. The fourth-order valence-corrected chi connectivity index (χ4v) is 2.75. The van der Waals surface area contributed by atoms with Crippen molar-refractivity contribution in [2.24, 2.45) is 0 Å². The van der Waals surface area contributed by atoms with E-state index in [0.717, 1.165) is 0 Å². The molecule has 0 amide bonds. The normalized spacial score (nSPS) is 11.0. The van der Waals surface area contributed by atoms with Crippen LogP contribution in [-0.4, -0.2) is 10.2 Å². The van der Waals surface area contributed by atoms with E-state index < -0.39 is 0 Å². The van der Waals surface area contributed by atoms with Gasteiger partial charge in [-0.25, -0.2) is 0 Å². The van der Waals surface area contributed by atoms with Gasteiger partial charge in [-0.1, -0.05) is 29.3 Å². The molecule has 0 atom stereocenters. The van der Waals surface area contributed by atoms with E-state index in [9.17, 15) is 15.0 Å². The van der Waals surface area contributed by atoms with Crippen LogP contribution >= 0.6 is 23.2 Å². The minimum atomic E-state index is -0.257. The number of rotatable bonds is 1. The summed E-state index contributed by atoms with van der Waals surface area (Å²) >= 11 is 11.8. The quantitative estimate of drug-likeness (QED) is 0.686. The molecule has 1 aromatic heterocycles. The van der Waals surface area contributed by atoms with Gasteiger partial charge in [0.25, 0.3) is 0 Å². The third-order valence-corrected chi connectivity index (χ3v) is 3.98. The molecule has 3 aromatic rings. The van der Waals surface area contributed by atoms with E-state index >= 15 is 0 Å². The average molecular weight is 337 g/mol. The molecule has 0 unspecified atom stereocenters. The molecule has 1 heterocycles. The topological polar surface area (TPSA) is 70.7 Å². The van der Waals surface area contributed by atoms with E-state index in [1.54, 1.807) is 19.1 Å². The Morgan fingerprint density at radius 2 is 1.73 bits per heavy atom. The maximum atomic E-state index is 12.4. The molecule has 0 aliphatic carbocycles. The van der Waals surface area contributed by atoms with Gasteiger partial charge in [0.1, 0.15) is 5.76 Å². The second-order valence-corrected chi connectivity index (χ2v) is 5.64. The van der Waals surface area contributed by atoms with Crippen LogP contribution in [0.25, 0.3) is 22.3 Å². The highest BCUT2D eigenvalue weighted by molar-refractivity contribution is 6.37. The Balaban J connectivity index is 2.39. The summed E-state index contributed by atoms with van der Waals surface area (Å²) in [4.78, 5) is 12.4.